The molecule has 1 fully saturated rings. The molecule has 1 aromatic carbocycles. The minimum atomic E-state index is 0.0126. The summed E-state index contributed by atoms with van der Waals surface area (Å²) in [6.07, 6.45) is 3.41. The van der Waals surface area contributed by atoms with Crippen LogP contribution in [0.1, 0.15) is 30.9 Å². The quantitative estimate of drug-likeness (QED) is 0.854. The van der Waals surface area contributed by atoms with Gasteiger partial charge in [-0.1, -0.05) is 6.07 Å². The van der Waals surface area contributed by atoms with Crippen LogP contribution in [0.3, 0.4) is 0 Å². The largest absolute Gasteiger partial charge is 0.392 e. The highest BCUT2D eigenvalue weighted by atomic mass is 16.3. The van der Waals surface area contributed by atoms with Crippen molar-refractivity contribution in [1.82, 2.24) is 9.13 Å². The third-order valence-corrected chi connectivity index (χ3v) is 3.78. The highest BCUT2D eigenvalue weighted by Gasteiger charge is 2.24. The summed E-state index contributed by atoms with van der Waals surface area (Å²) in [5, 5.41) is 9.14. The first-order valence-corrected chi connectivity index (χ1v) is 6.03. The molecule has 1 saturated carbocycles. The van der Waals surface area contributed by atoms with Crippen molar-refractivity contribution in [3.63, 3.8) is 0 Å². The molecular formula is C13H16N2O2. The van der Waals surface area contributed by atoms with Gasteiger partial charge in [0.15, 0.2) is 0 Å². The number of fused-ring (bicyclic) bond motifs is 1. The van der Waals surface area contributed by atoms with Gasteiger partial charge in [-0.3, -0.25) is 9.13 Å². The molecule has 0 amide bonds. The normalized spacial score (nSPS) is 16.4. The Morgan fingerprint density at radius 2 is 2.12 bits per heavy atom. The van der Waals surface area contributed by atoms with E-state index in [0.717, 1.165) is 29.4 Å². The van der Waals surface area contributed by atoms with Gasteiger partial charge in [-0.25, -0.2) is 4.79 Å². The Morgan fingerprint density at radius 3 is 2.71 bits per heavy atom. The van der Waals surface area contributed by atoms with Crippen LogP contribution in [0.2, 0.25) is 0 Å². The molecule has 0 atom stereocenters. The summed E-state index contributed by atoms with van der Waals surface area (Å²) in [5.74, 6) is 0. The van der Waals surface area contributed by atoms with E-state index in [2.05, 4.69) is 0 Å². The van der Waals surface area contributed by atoms with E-state index < -0.39 is 0 Å². The summed E-state index contributed by atoms with van der Waals surface area (Å²) in [6, 6.07) is 6.09. The van der Waals surface area contributed by atoms with E-state index in [4.69, 9.17) is 5.11 Å². The summed E-state index contributed by atoms with van der Waals surface area (Å²) < 4.78 is 3.58. The molecule has 0 radical (unpaired) electrons. The van der Waals surface area contributed by atoms with Crippen molar-refractivity contribution in [2.45, 2.75) is 31.9 Å². The van der Waals surface area contributed by atoms with Crippen molar-refractivity contribution in [3.8, 4) is 0 Å². The highest BCUT2D eigenvalue weighted by molar-refractivity contribution is 5.77. The van der Waals surface area contributed by atoms with Gasteiger partial charge in [0.25, 0.3) is 0 Å². The number of aromatic nitrogens is 2. The van der Waals surface area contributed by atoms with E-state index in [9.17, 15) is 4.79 Å². The van der Waals surface area contributed by atoms with Gasteiger partial charge in [-0.2, -0.15) is 0 Å². The SMILES string of the molecule is Cn1c(=O)n(C2CCC2)c2ccc(CO)cc21. The maximum Gasteiger partial charge on any atom is 0.329 e. The lowest BCUT2D eigenvalue weighted by atomic mass is 9.93. The summed E-state index contributed by atoms with van der Waals surface area (Å²) in [6.45, 7) is 0.0126. The van der Waals surface area contributed by atoms with Crippen molar-refractivity contribution in [3.05, 3.63) is 34.2 Å². The minimum Gasteiger partial charge on any atom is -0.392 e. The maximum absolute atomic E-state index is 12.2. The van der Waals surface area contributed by atoms with Gasteiger partial charge in [0, 0.05) is 13.1 Å². The minimum absolute atomic E-state index is 0.0126. The molecule has 0 bridgehead atoms. The Hall–Kier alpha value is -1.55. The Balaban J connectivity index is 2.28. The Labute approximate surface area is 99.1 Å². The summed E-state index contributed by atoms with van der Waals surface area (Å²) >= 11 is 0. The number of benzene rings is 1. The van der Waals surface area contributed by atoms with Gasteiger partial charge >= 0.3 is 5.69 Å². The Bertz CT molecular complexity index is 620. The second-order valence-corrected chi connectivity index (χ2v) is 4.78. The summed E-state index contributed by atoms with van der Waals surface area (Å²) in [4.78, 5) is 12.2. The molecule has 90 valence electrons. The predicted octanol–water partition coefficient (Wildman–Crippen LogP) is 1.56. The van der Waals surface area contributed by atoms with Crippen molar-refractivity contribution < 1.29 is 5.11 Å². The third-order valence-electron chi connectivity index (χ3n) is 3.78. The fourth-order valence-electron chi connectivity index (χ4n) is 2.51. The fourth-order valence-corrected chi connectivity index (χ4v) is 2.51. The standard InChI is InChI=1S/C13H16N2O2/c1-14-12-7-9(8-16)5-6-11(12)15(13(14)17)10-3-2-4-10/h5-7,10,16H,2-4,8H2,1H3. The molecule has 1 aliphatic rings. The van der Waals surface area contributed by atoms with Crippen LogP contribution in [0.25, 0.3) is 11.0 Å². The molecule has 2 aromatic rings. The van der Waals surface area contributed by atoms with Gasteiger partial charge in [0.1, 0.15) is 0 Å². The summed E-state index contributed by atoms with van der Waals surface area (Å²) in [7, 11) is 1.79. The molecule has 17 heavy (non-hydrogen) atoms. The van der Waals surface area contributed by atoms with Crippen LogP contribution >= 0.6 is 0 Å². The van der Waals surface area contributed by atoms with E-state index in [-0.39, 0.29) is 12.3 Å². The lowest BCUT2D eigenvalue weighted by Gasteiger charge is -2.26. The molecule has 0 spiro atoms. The summed E-state index contributed by atoms with van der Waals surface area (Å²) in [5.41, 5.74) is 2.80. The number of hydrogen-bond donors (Lipinski definition) is 1. The number of hydrogen-bond acceptors (Lipinski definition) is 2. The molecule has 0 aliphatic heterocycles. The zero-order valence-electron chi connectivity index (χ0n) is 9.89. The van der Waals surface area contributed by atoms with Gasteiger partial charge in [-0.05, 0) is 37.0 Å². The van der Waals surface area contributed by atoms with Gasteiger partial charge in [-0.15, -0.1) is 0 Å². The first-order valence-electron chi connectivity index (χ1n) is 6.03. The monoisotopic (exact) mass is 232 g/mol. The molecular weight excluding hydrogens is 216 g/mol. The molecule has 1 heterocycles. The molecule has 3 rings (SSSR count). The van der Waals surface area contributed by atoms with Gasteiger partial charge in [0.2, 0.25) is 0 Å². The molecule has 0 saturated heterocycles. The number of imidazole rings is 1. The van der Waals surface area contributed by atoms with Crippen LogP contribution < -0.4 is 5.69 Å². The van der Waals surface area contributed by atoms with Crippen molar-refractivity contribution in [2.24, 2.45) is 7.05 Å². The van der Waals surface area contributed by atoms with E-state index in [1.165, 1.54) is 6.42 Å². The third kappa shape index (κ3) is 1.44. The number of aliphatic hydroxyl groups excluding tert-OH is 1. The number of rotatable bonds is 2. The molecule has 1 N–H and O–H groups in total. The second kappa shape index (κ2) is 3.74. The zero-order chi connectivity index (χ0) is 12.0. The van der Waals surface area contributed by atoms with Crippen molar-refractivity contribution in [1.29, 1.82) is 0 Å². The lowest BCUT2D eigenvalue weighted by Crippen LogP contribution is -2.29. The van der Waals surface area contributed by atoms with Crippen LogP contribution in [0, 0.1) is 0 Å². The average molecular weight is 232 g/mol. The van der Waals surface area contributed by atoms with Crippen LogP contribution in [-0.2, 0) is 13.7 Å². The molecule has 1 aromatic heterocycles. The van der Waals surface area contributed by atoms with E-state index >= 15 is 0 Å². The van der Waals surface area contributed by atoms with Crippen LogP contribution in [0.4, 0.5) is 0 Å². The smallest absolute Gasteiger partial charge is 0.329 e. The molecule has 4 nitrogen and oxygen atoms in total. The fraction of sp³-hybridized carbons (Fsp3) is 0.462. The maximum atomic E-state index is 12.2. The van der Waals surface area contributed by atoms with E-state index in [1.807, 2.05) is 22.8 Å². The number of nitrogens with zero attached hydrogens (tertiary/aromatic N) is 2. The Morgan fingerprint density at radius 1 is 1.35 bits per heavy atom. The Kier molecular flexibility index (Phi) is 2.33. The highest BCUT2D eigenvalue weighted by Crippen LogP contribution is 2.33. The number of aliphatic hydroxyl groups is 1. The van der Waals surface area contributed by atoms with Crippen molar-refractivity contribution in [2.75, 3.05) is 0 Å². The second-order valence-electron chi connectivity index (χ2n) is 4.78. The topological polar surface area (TPSA) is 47.2 Å². The van der Waals surface area contributed by atoms with Crippen LogP contribution in [0.5, 0.6) is 0 Å². The van der Waals surface area contributed by atoms with Crippen molar-refractivity contribution >= 4 is 11.0 Å². The van der Waals surface area contributed by atoms with Crippen LogP contribution in [0.15, 0.2) is 23.0 Å². The number of aryl methyl sites for hydroxylation is 1. The van der Waals surface area contributed by atoms with E-state index in [0.29, 0.717) is 6.04 Å². The lowest BCUT2D eigenvalue weighted by molar-refractivity contribution is 0.282. The molecule has 0 unspecified atom stereocenters. The first-order chi connectivity index (χ1) is 8.22. The average Bonchev–Trinajstić information content (AvgIpc) is 2.52. The van der Waals surface area contributed by atoms with E-state index in [1.54, 1.807) is 11.6 Å². The molecule has 1 aliphatic carbocycles. The van der Waals surface area contributed by atoms with Crippen LogP contribution in [-0.4, -0.2) is 14.2 Å². The first kappa shape index (κ1) is 10.6. The zero-order valence-corrected chi connectivity index (χ0v) is 9.89. The predicted molar refractivity (Wildman–Crippen MR) is 66.0 cm³/mol. The van der Waals surface area contributed by atoms with Gasteiger partial charge in [0.05, 0.1) is 17.6 Å². The van der Waals surface area contributed by atoms with Gasteiger partial charge < -0.3 is 5.11 Å². The molecule has 4 heteroatoms.